The zero-order valence-corrected chi connectivity index (χ0v) is 15.7. The van der Waals surface area contributed by atoms with E-state index in [1.165, 1.54) is 12.1 Å². The molecule has 1 aliphatic rings. The lowest BCUT2D eigenvalue weighted by Gasteiger charge is -2.27. The second-order valence-corrected chi connectivity index (χ2v) is 7.42. The van der Waals surface area contributed by atoms with Crippen molar-refractivity contribution in [1.29, 1.82) is 0 Å². The molecule has 1 fully saturated rings. The highest BCUT2D eigenvalue weighted by molar-refractivity contribution is 6.12. The zero-order chi connectivity index (χ0) is 19.8. The SMILES string of the molecule is [B]C1CCCC(c2cc3c(C(=O)NC)c(-c4ccc(F)cc4)oc3cc2O)C1. The minimum absolute atomic E-state index is 0.117. The number of benzene rings is 2. The van der Waals surface area contributed by atoms with Gasteiger partial charge in [-0.2, -0.15) is 0 Å². The second kappa shape index (κ2) is 7.34. The summed E-state index contributed by atoms with van der Waals surface area (Å²) in [5, 5.41) is 13.9. The first-order valence-corrected chi connectivity index (χ1v) is 9.51. The van der Waals surface area contributed by atoms with Crippen LogP contribution in [-0.4, -0.2) is 25.9 Å². The van der Waals surface area contributed by atoms with Crippen molar-refractivity contribution >= 4 is 24.7 Å². The largest absolute Gasteiger partial charge is 0.508 e. The van der Waals surface area contributed by atoms with E-state index in [0.29, 0.717) is 27.9 Å². The number of amides is 1. The minimum Gasteiger partial charge on any atom is -0.508 e. The summed E-state index contributed by atoms with van der Waals surface area (Å²) in [6.07, 6.45) is 3.75. The number of carbonyl (C=O) groups excluding carboxylic acids is 1. The smallest absolute Gasteiger partial charge is 0.255 e. The summed E-state index contributed by atoms with van der Waals surface area (Å²) >= 11 is 0. The average molecular weight is 377 g/mol. The molecule has 4 nitrogen and oxygen atoms in total. The fourth-order valence-corrected chi connectivity index (χ4v) is 4.14. The highest BCUT2D eigenvalue weighted by Crippen LogP contribution is 2.44. The van der Waals surface area contributed by atoms with Crippen molar-refractivity contribution in [2.75, 3.05) is 7.05 Å². The number of rotatable bonds is 3. The van der Waals surface area contributed by atoms with Gasteiger partial charge in [-0.25, -0.2) is 4.39 Å². The molecule has 1 heterocycles. The van der Waals surface area contributed by atoms with E-state index in [4.69, 9.17) is 12.3 Å². The van der Waals surface area contributed by atoms with E-state index in [0.717, 1.165) is 31.2 Å². The molecule has 1 aromatic heterocycles. The number of nitrogens with one attached hydrogen (secondary N) is 1. The molecule has 0 saturated heterocycles. The summed E-state index contributed by atoms with van der Waals surface area (Å²) in [5.41, 5.74) is 2.18. The van der Waals surface area contributed by atoms with Crippen LogP contribution in [0.2, 0.25) is 5.82 Å². The van der Waals surface area contributed by atoms with E-state index in [-0.39, 0.29) is 29.2 Å². The number of fused-ring (bicyclic) bond motifs is 1. The molecule has 2 unspecified atom stereocenters. The summed E-state index contributed by atoms with van der Waals surface area (Å²) in [6.45, 7) is 0. The normalized spacial score (nSPS) is 19.6. The van der Waals surface area contributed by atoms with Gasteiger partial charge in [0, 0.05) is 24.1 Å². The van der Waals surface area contributed by atoms with Crippen LogP contribution >= 0.6 is 0 Å². The number of halogens is 1. The van der Waals surface area contributed by atoms with Crippen molar-refractivity contribution in [1.82, 2.24) is 5.32 Å². The summed E-state index contributed by atoms with van der Waals surface area (Å²) in [6, 6.07) is 9.19. The predicted octanol–water partition coefficient (Wildman–Crippen LogP) is 4.92. The van der Waals surface area contributed by atoms with E-state index in [1.54, 1.807) is 25.2 Å². The average Bonchev–Trinajstić information content (AvgIpc) is 3.05. The summed E-state index contributed by atoms with van der Waals surface area (Å²) in [7, 11) is 7.67. The predicted molar refractivity (Wildman–Crippen MR) is 107 cm³/mol. The Labute approximate surface area is 164 Å². The Morgan fingerprint density at radius 3 is 2.68 bits per heavy atom. The van der Waals surface area contributed by atoms with E-state index in [1.807, 2.05) is 6.07 Å². The van der Waals surface area contributed by atoms with Crippen molar-refractivity contribution in [3.63, 3.8) is 0 Å². The van der Waals surface area contributed by atoms with Gasteiger partial charge in [-0.1, -0.05) is 25.1 Å². The molecule has 2 aromatic carbocycles. The molecule has 1 saturated carbocycles. The highest BCUT2D eigenvalue weighted by Gasteiger charge is 2.27. The molecular weight excluding hydrogens is 356 g/mol. The molecule has 28 heavy (non-hydrogen) atoms. The maximum absolute atomic E-state index is 13.3. The summed E-state index contributed by atoms with van der Waals surface area (Å²) in [5.74, 6) is 0.104. The number of furan rings is 1. The monoisotopic (exact) mass is 377 g/mol. The van der Waals surface area contributed by atoms with Gasteiger partial charge in [0.2, 0.25) is 0 Å². The molecule has 1 aliphatic carbocycles. The van der Waals surface area contributed by atoms with Crippen LogP contribution in [0.1, 0.15) is 47.5 Å². The van der Waals surface area contributed by atoms with Gasteiger partial charge in [-0.15, -0.1) is 0 Å². The van der Waals surface area contributed by atoms with Gasteiger partial charge in [-0.05, 0) is 48.2 Å². The van der Waals surface area contributed by atoms with Crippen LogP contribution in [0.5, 0.6) is 5.75 Å². The lowest BCUT2D eigenvalue weighted by Crippen LogP contribution is -2.18. The van der Waals surface area contributed by atoms with Gasteiger partial charge in [0.15, 0.2) is 0 Å². The van der Waals surface area contributed by atoms with Crippen molar-refractivity contribution in [2.24, 2.45) is 0 Å². The van der Waals surface area contributed by atoms with Crippen LogP contribution in [0.15, 0.2) is 40.8 Å². The number of phenols is 1. The maximum atomic E-state index is 13.3. The van der Waals surface area contributed by atoms with Crippen LogP contribution in [0.4, 0.5) is 4.39 Å². The summed E-state index contributed by atoms with van der Waals surface area (Å²) < 4.78 is 19.2. The Kier molecular flexibility index (Phi) is 4.88. The first kappa shape index (κ1) is 18.6. The molecule has 142 valence electrons. The standard InChI is InChI=1S/C22H21BFNO3/c1-25-22(27)20-17-10-16(13-3-2-4-14(23)9-13)18(26)11-19(17)28-21(20)12-5-7-15(24)8-6-12/h5-8,10-11,13-14,26H,2-4,9H2,1H3,(H,25,27). The molecule has 4 rings (SSSR count). The molecule has 2 N–H and O–H groups in total. The Hall–Kier alpha value is -2.76. The Bertz CT molecular complexity index is 1030. The number of aromatic hydroxyl groups is 1. The van der Waals surface area contributed by atoms with Gasteiger partial charge in [0.1, 0.15) is 22.9 Å². The quantitative estimate of drug-likeness (QED) is 0.637. The molecule has 0 spiro atoms. The zero-order valence-electron chi connectivity index (χ0n) is 15.7. The Balaban J connectivity index is 1.89. The second-order valence-electron chi connectivity index (χ2n) is 7.42. The molecule has 1 amide bonds. The first-order valence-electron chi connectivity index (χ1n) is 9.51. The maximum Gasteiger partial charge on any atom is 0.255 e. The van der Waals surface area contributed by atoms with E-state index >= 15 is 0 Å². The third kappa shape index (κ3) is 3.28. The molecule has 2 atom stereocenters. The van der Waals surface area contributed by atoms with Gasteiger partial charge in [0.05, 0.1) is 13.4 Å². The van der Waals surface area contributed by atoms with Crippen molar-refractivity contribution in [3.8, 4) is 17.1 Å². The van der Waals surface area contributed by atoms with E-state index in [2.05, 4.69) is 5.32 Å². The lowest BCUT2D eigenvalue weighted by molar-refractivity contribution is 0.0964. The van der Waals surface area contributed by atoms with E-state index < -0.39 is 0 Å². The van der Waals surface area contributed by atoms with Crippen LogP contribution in [0.3, 0.4) is 0 Å². The number of hydrogen-bond donors (Lipinski definition) is 2. The van der Waals surface area contributed by atoms with Crippen LogP contribution in [-0.2, 0) is 0 Å². The molecule has 0 bridgehead atoms. The van der Waals surface area contributed by atoms with Gasteiger partial charge >= 0.3 is 0 Å². The molecule has 0 aliphatic heterocycles. The van der Waals surface area contributed by atoms with Gasteiger partial charge in [0.25, 0.3) is 5.91 Å². The molecule has 3 aromatic rings. The Morgan fingerprint density at radius 1 is 1.25 bits per heavy atom. The topological polar surface area (TPSA) is 62.5 Å². The van der Waals surface area contributed by atoms with E-state index in [9.17, 15) is 14.3 Å². The Morgan fingerprint density at radius 2 is 2.00 bits per heavy atom. The van der Waals surface area contributed by atoms with Crippen LogP contribution in [0.25, 0.3) is 22.3 Å². The van der Waals surface area contributed by atoms with Crippen molar-refractivity contribution in [2.45, 2.75) is 37.4 Å². The fraction of sp³-hybridized carbons (Fsp3) is 0.318. The van der Waals surface area contributed by atoms with Crippen LogP contribution in [0, 0.1) is 5.82 Å². The highest BCUT2D eigenvalue weighted by atomic mass is 19.1. The lowest BCUT2D eigenvalue weighted by atomic mass is 9.69. The first-order chi connectivity index (χ1) is 13.5. The number of carbonyl (C=O) groups is 1. The number of hydrogen-bond acceptors (Lipinski definition) is 3. The minimum atomic E-state index is -0.366. The van der Waals surface area contributed by atoms with Crippen molar-refractivity contribution < 1.29 is 18.7 Å². The fourth-order valence-electron chi connectivity index (χ4n) is 4.14. The van der Waals surface area contributed by atoms with Crippen LogP contribution < -0.4 is 5.32 Å². The third-order valence-electron chi connectivity index (χ3n) is 5.55. The number of phenolic OH excluding ortho intramolecular Hbond substituents is 1. The van der Waals surface area contributed by atoms with Crippen molar-refractivity contribution in [3.05, 3.63) is 53.3 Å². The summed E-state index contributed by atoms with van der Waals surface area (Å²) in [4.78, 5) is 12.6. The van der Waals surface area contributed by atoms with Gasteiger partial charge in [-0.3, -0.25) is 4.79 Å². The van der Waals surface area contributed by atoms with Gasteiger partial charge < -0.3 is 14.8 Å². The molecular formula is C22H21BFNO3. The molecule has 2 radical (unpaired) electrons. The third-order valence-corrected chi connectivity index (χ3v) is 5.55. The molecule has 6 heteroatoms.